The summed E-state index contributed by atoms with van der Waals surface area (Å²) < 4.78 is 10.6. The van der Waals surface area contributed by atoms with E-state index in [2.05, 4.69) is 0 Å². The van der Waals surface area contributed by atoms with Gasteiger partial charge in [0.2, 0.25) is 11.6 Å². The van der Waals surface area contributed by atoms with Crippen LogP contribution < -0.4 is 9.47 Å². The van der Waals surface area contributed by atoms with E-state index in [1.165, 1.54) is 12.1 Å². The van der Waals surface area contributed by atoms with Gasteiger partial charge in [-0.2, -0.15) is 0 Å². The number of carboxylic acid groups (broad SMARTS) is 1. The first-order chi connectivity index (χ1) is 9.08. The van der Waals surface area contributed by atoms with Crippen LogP contribution in [-0.4, -0.2) is 35.9 Å². The molecule has 1 heterocycles. The first-order valence-corrected chi connectivity index (χ1v) is 5.77. The molecule has 0 spiro atoms. The lowest BCUT2D eigenvalue weighted by atomic mass is 10.0. The van der Waals surface area contributed by atoms with Gasteiger partial charge in [-0.25, -0.2) is 0 Å². The highest BCUT2D eigenvalue weighted by Gasteiger charge is 2.20. The Kier molecular flexibility index (Phi) is 3.79. The molecule has 100 valence electrons. The summed E-state index contributed by atoms with van der Waals surface area (Å²) in [7, 11) is 0. The average molecular weight is 264 g/mol. The van der Waals surface area contributed by atoms with Crippen molar-refractivity contribution in [3.8, 4) is 11.5 Å². The van der Waals surface area contributed by atoms with Crippen molar-refractivity contribution >= 4 is 17.5 Å². The molecule has 6 heteroatoms. The van der Waals surface area contributed by atoms with Crippen molar-refractivity contribution < 1.29 is 29.0 Å². The minimum absolute atomic E-state index is 0.180. The molecular formula is C13H12O6. The van der Waals surface area contributed by atoms with Crippen LogP contribution >= 0.6 is 0 Å². The summed E-state index contributed by atoms with van der Waals surface area (Å²) >= 11 is 0. The third-order valence-electron chi connectivity index (χ3n) is 2.62. The molecule has 1 aliphatic heterocycles. The van der Waals surface area contributed by atoms with Crippen molar-refractivity contribution in [3.05, 3.63) is 23.8 Å². The van der Waals surface area contributed by atoms with Crippen LogP contribution in [0.2, 0.25) is 0 Å². The first kappa shape index (κ1) is 13.1. The summed E-state index contributed by atoms with van der Waals surface area (Å²) in [6, 6.07) is 4.47. The number of ether oxygens (including phenoxy) is 2. The number of hydrogen-bond acceptors (Lipinski definition) is 5. The van der Waals surface area contributed by atoms with E-state index in [-0.39, 0.29) is 18.4 Å². The van der Waals surface area contributed by atoms with E-state index in [1.807, 2.05) is 0 Å². The summed E-state index contributed by atoms with van der Waals surface area (Å²) in [6.45, 7) is 0.829. The Bertz CT molecular complexity index is 534. The fourth-order valence-electron chi connectivity index (χ4n) is 1.68. The fraction of sp³-hybridized carbons (Fsp3) is 0.308. The Balaban J connectivity index is 2.10. The van der Waals surface area contributed by atoms with Gasteiger partial charge in [0.1, 0.15) is 13.2 Å². The lowest BCUT2D eigenvalue weighted by Gasteiger charge is -2.18. The first-order valence-electron chi connectivity index (χ1n) is 5.77. The molecule has 0 saturated carbocycles. The van der Waals surface area contributed by atoms with Crippen LogP contribution in [0.25, 0.3) is 0 Å². The van der Waals surface area contributed by atoms with E-state index >= 15 is 0 Å². The number of benzene rings is 1. The van der Waals surface area contributed by atoms with Crippen molar-refractivity contribution in [3.63, 3.8) is 0 Å². The molecule has 0 aliphatic carbocycles. The van der Waals surface area contributed by atoms with Gasteiger partial charge in [0.25, 0.3) is 0 Å². The smallest absolute Gasteiger partial charge is 0.303 e. The largest absolute Gasteiger partial charge is 0.486 e. The number of ketones is 2. The van der Waals surface area contributed by atoms with Crippen LogP contribution in [0, 0.1) is 0 Å². The highest BCUT2D eigenvalue weighted by molar-refractivity contribution is 6.43. The fourth-order valence-corrected chi connectivity index (χ4v) is 1.68. The second-order valence-electron chi connectivity index (χ2n) is 4.00. The van der Waals surface area contributed by atoms with Gasteiger partial charge in [-0.1, -0.05) is 0 Å². The maximum absolute atomic E-state index is 11.8. The molecule has 0 radical (unpaired) electrons. The quantitative estimate of drug-likeness (QED) is 0.632. The van der Waals surface area contributed by atoms with Gasteiger partial charge in [-0.15, -0.1) is 0 Å². The number of fused-ring (bicyclic) bond motifs is 1. The number of aliphatic carboxylic acids is 1. The third-order valence-corrected chi connectivity index (χ3v) is 2.62. The van der Waals surface area contributed by atoms with Gasteiger partial charge in [-0.3, -0.25) is 14.4 Å². The number of Topliss-reactive ketones (excluding diaryl/α,β-unsaturated/α-hetero) is 2. The Morgan fingerprint density at radius 1 is 1.05 bits per heavy atom. The van der Waals surface area contributed by atoms with Gasteiger partial charge in [-0.05, 0) is 18.2 Å². The lowest BCUT2D eigenvalue weighted by molar-refractivity contribution is -0.138. The SMILES string of the molecule is O=C(O)CCC(=O)C(=O)c1ccc2c(c1)OCCO2. The zero-order valence-electron chi connectivity index (χ0n) is 10.0. The average Bonchev–Trinajstić information content (AvgIpc) is 2.43. The zero-order chi connectivity index (χ0) is 13.8. The molecule has 1 aromatic rings. The molecule has 19 heavy (non-hydrogen) atoms. The van der Waals surface area contributed by atoms with Gasteiger partial charge in [0, 0.05) is 12.0 Å². The second kappa shape index (κ2) is 5.51. The molecule has 2 rings (SSSR count). The van der Waals surface area contributed by atoms with Gasteiger partial charge >= 0.3 is 5.97 Å². The van der Waals surface area contributed by atoms with Gasteiger partial charge in [0.15, 0.2) is 11.5 Å². The molecule has 1 aromatic carbocycles. The molecule has 0 bridgehead atoms. The lowest BCUT2D eigenvalue weighted by Crippen LogP contribution is -2.18. The summed E-state index contributed by atoms with van der Waals surface area (Å²) in [4.78, 5) is 33.7. The van der Waals surface area contributed by atoms with Crippen LogP contribution in [-0.2, 0) is 9.59 Å². The molecule has 6 nitrogen and oxygen atoms in total. The van der Waals surface area contributed by atoms with E-state index in [4.69, 9.17) is 14.6 Å². The number of carboxylic acids is 1. The maximum Gasteiger partial charge on any atom is 0.303 e. The Hall–Kier alpha value is -2.37. The minimum Gasteiger partial charge on any atom is -0.486 e. The number of carbonyl (C=O) groups excluding carboxylic acids is 2. The number of carbonyl (C=O) groups is 3. The van der Waals surface area contributed by atoms with Crippen LogP contribution in [0.15, 0.2) is 18.2 Å². The molecular weight excluding hydrogens is 252 g/mol. The predicted molar refractivity (Wildman–Crippen MR) is 63.6 cm³/mol. The Morgan fingerprint density at radius 3 is 2.42 bits per heavy atom. The Morgan fingerprint density at radius 2 is 1.74 bits per heavy atom. The van der Waals surface area contributed by atoms with Crippen LogP contribution in [0.3, 0.4) is 0 Å². The van der Waals surface area contributed by atoms with Crippen LogP contribution in [0.4, 0.5) is 0 Å². The monoisotopic (exact) mass is 264 g/mol. The van der Waals surface area contributed by atoms with E-state index < -0.39 is 17.5 Å². The number of rotatable bonds is 5. The molecule has 0 fully saturated rings. The summed E-state index contributed by atoms with van der Waals surface area (Å²) in [6.07, 6.45) is -0.655. The van der Waals surface area contributed by atoms with Crippen molar-refractivity contribution in [2.75, 3.05) is 13.2 Å². The predicted octanol–water partition coefficient (Wildman–Crippen LogP) is 1.07. The summed E-state index contributed by atoms with van der Waals surface area (Å²) in [5.41, 5.74) is 0.180. The van der Waals surface area contributed by atoms with E-state index in [9.17, 15) is 14.4 Å². The molecule has 0 unspecified atom stereocenters. The normalized spacial score (nSPS) is 12.8. The molecule has 0 amide bonds. The summed E-state index contributed by atoms with van der Waals surface area (Å²) in [5, 5.41) is 8.47. The van der Waals surface area contributed by atoms with Crippen molar-refractivity contribution in [2.24, 2.45) is 0 Å². The number of hydrogen-bond donors (Lipinski definition) is 1. The van der Waals surface area contributed by atoms with Crippen LogP contribution in [0.5, 0.6) is 11.5 Å². The van der Waals surface area contributed by atoms with Gasteiger partial charge < -0.3 is 14.6 Å². The minimum atomic E-state index is -1.11. The van der Waals surface area contributed by atoms with Crippen LogP contribution in [0.1, 0.15) is 23.2 Å². The second-order valence-corrected chi connectivity index (χ2v) is 4.00. The molecule has 0 saturated heterocycles. The molecule has 0 aromatic heterocycles. The van der Waals surface area contributed by atoms with Crippen molar-refractivity contribution in [1.82, 2.24) is 0 Å². The van der Waals surface area contributed by atoms with E-state index in [1.54, 1.807) is 6.07 Å². The highest BCUT2D eigenvalue weighted by atomic mass is 16.6. The van der Waals surface area contributed by atoms with E-state index in [0.29, 0.717) is 24.7 Å². The van der Waals surface area contributed by atoms with Crippen molar-refractivity contribution in [1.29, 1.82) is 0 Å². The van der Waals surface area contributed by atoms with Gasteiger partial charge in [0.05, 0.1) is 6.42 Å². The maximum atomic E-state index is 11.8. The Labute approximate surface area is 108 Å². The molecule has 0 atom stereocenters. The highest BCUT2D eigenvalue weighted by Crippen LogP contribution is 2.30. The standard InChI is InChI=1S/C13H12O6/c14-9(2-4-12(15)16)13(17)8-1-3-10-11(7-8)19-6-5-18-10/h1,3,7H,2,4-6H2,(H,15,16). The van der Waals surface area contributed by atoms with E-state index in [0.717, 1.165) is 0 Å². The molecule has 1 aliphatic rings. The topological polar surface area (TPSA) is 89.9 Å². The molecule has 1 N–H and O–H groups in total. The van der Waals surface area contributed by atoms with Crippen molar-refractivity contribution in [2.45, 2.75) is 12.8 Å². The third kappa shape index (κ3) is 3.09. The summed E-state index contributed by atoms with van der Waals surface area (Å²) in [5.74, 6) is -1.59. The zero-order valence-corrected chi connectivity index (χ0v) is 10.0.